The van der Waals surface area contributed by atoms with E-state index in [2.05, 4.69) is 22.3 Å². The largest absolute Gasteiger partial charge is 0.483 e. The summed E-state index contributed by atoms with van der Waals surface area (Å²) in [5.41, 5.74) is 3.23. The van der Waals surface area contributed by atoms with Gasteiger partial charge >= 0.3 is 0 Å². The molecule has 1 heterocycles. The molecule has 1 saturated carbocycles. The SMILES string of the molecule is c1ccc(COc2cc(C3CCCCC3)nnc2OCc2ccccc2)cc1. The van der Waals surface area contributed by atoms with Crippen molar-refractivity contribution in [3.63, 3.8) is 0 Å². The Hall–Kier alpha value is -2.88. The van der Waals surface area contributed by atoms with Gasteiger partial charge < -0.3 is 9.47 Å². The third-order valence-electron chi connectivity index (χ3n) is 5.23. The molecule has 1 aromatic heterocycles. The highest BCUT2D eigenvalue weighted by atomic mass is 16.5. The third kappa shape index (κ3) is 4.89. The van der Waals surface area contributed by atoms with Gasteiger partial charge in [-0.1, -0.05) is 79.9 Å². The first-order valence-corrected chi connectivity index (χ1v) is 10.1. The predicted molar refractivity (Wildman–Crippen MR) is 109 cm³/mol. The Morgan fingerprint density at radius 3 is 1.96 bits per heavy atom. The molecule has 2 aromatic carbocycles. The summed E-state index contributed by atoms with van der Waals surface area (Å²) in [6.07, 6.45) is 6.20. The zero-order chi connectivity index (χ0) is 19.0. The van der Waals surface area contributed by atoms with E-state index in [-0.39, 0.29) is 0 Å². The molecule has 0 amide bonds. The van der Waals surface area contributed by atoms with Crippen LogP contribution in [0.4, 0.5) is 0 Å². The fourth-order valence-electron chi connectivity index (χ4n) is 3.64. The summed E-state index contributed by atoms with van der Waals surface area (Å²) in [7, 11) is 0. The molecule has 0 bridgehead atoms. The van der Waals surface area contributed by atoms with Crippen molar-refractivity contribution in [2.24, 2.45) is 0 Å². The molecule has 1 aliphatic carbocycles. The van der Waals surface area contributed by atoms with Crippen LogP contribution in [0.5, 0.6) is 11.6 Å². The molecule has 1 aliphatic rings. The Morgan fingerprint density at radius 2 is 1.32 bits per heavy atom. The smallest absolute Gasteiger partial charge is 0.276 e. The standard InChI is InChI=1S/C24H26N2O2/c1-4-10-19(11-5-1)17-27-23-16-22(21-14-8-3-9-15-21)25-26-24(23)28-18-20-12-6-2-7-13-20/h1-2,4-7,10-13,16,21H,3,8-9,14-15,17-18H2. The fourth-order valence-corrected chi connectivity index (χ4v) is 3.64. The maximum Gasteiger partial charge on any atom is 0.276 e. The molecule has 144 valence electrons. The van der Waals surface area contributed by atoms with Crippen molar-refractivity contribution in [1.29, 1.82) is 0 Å². The summed E-state index contributed by atoms with van der Waals surface area (Å²) >= 11 is 0. The molecule has 4 nitrogen and oxygen atoms in total. The van der Waals surface area contributed by atoms with Crippen molar-refractivity contribution in [3.05, 3.63) is 83.6 Å². The molecule has 3 aromatic rings. The van der Waals surface area contributed by atoms with Crippen LogP contribution < -0.4 is 9.47 Å². The molecule has 1 fully saturated rings. The van der Waals surface area contributed by atoms with Crippen molar-refractivity contribution < 1.29 is 9.47 Å². The minimum atomic E-state index is 0.444. The number of aromatic nitrogens is 2. The Morgan fingerprint density at radius 1 is 0.714 bits per heavy atom. The van der Waals surface area contributed by atoms with E-state index in [1.54, 1.807) is 0 Å². The molecule has 0 saturated heterocycles. The molecule has 0 unspecified atom stereocenters. The van der Waals surface area contributed by atoms with Gasteiger partial charge in [0.25, 0.3) is 5.88 Å². The van der Waals surface area contributed by atoms with Gasteiger partial charge in [-0.15, -0.1) is 5.10 Å². The number of nitrogens with zero attached hydrogens (tertiary/aromatic N) is 2. The van der Waals surface area contributed by atoms with Crippen molar-refractivity contribution >= 4 is 0 Å². The lowest BCUT2D eigenvalue weighted by Gasteiger charge is -2.21. The van der Waals surface area contributed by atoms with Crippen LogP contribution in [-0.2, 0) is 13.2 Å². The first kappa shape index (κ1) is 18.5. The quantitative estimate of drug-likeness (QED) is 0.533. The van der Waals surface area contributed by atoms with Crippen LogP contribution in [0.15, 0.2) is 66.7 Å². The number of hydrogen-bond acceptors (Lipinski definition) is 4. The molecule has 0 spiro atoms. The van der Waals surface area contributed by atoms with Crippen LogP contribution in [0.2, 0.25) is 0 Å². The molecule has 4 heteroatoms. The molecule has 0 aliphatic heterocycles. The van der Waals surface area contributed by atoms with Gasteiger partial charge in [0.05, 0.1) is 5.69 Å². The van der Waals surface area contributed by atoms with Gasteiger partial charge in [0.1, 0.15) is 13.2 Å². The summed E-state index contributed by atoms with van der Waals surface area (Å²) < 4.78 is 12.1. The Kier molecular flexibility index (Phi) is 6.18. The van der Waals surface area contributed by atoms with E-state index in [0.717, 1.165) is 16.8 Å². The molecule has 4 rings (SSSR count). The lowest BCUT2D eigenvalue weighted by Crippen LogP contribution is -2.10. The van der Waals surface area contributed by atoms with E-state index < -0.39 is 0 Å². The van der Waals surface area contributed by atoms with E-state index in [4.69, 9.17) is 9.47 Å². The molecule has 28 heavy (non-hydrogen) atoms. The Balaban J connectivity index is 1.52. The first-order valence-electron chi connectivity index (χ1n) is 10.1. The highest BCUT2D eigenvalue weighted by molar-refractivity contribution is 5.35. The number of hydrogen-bond donors (Lipinski definition) is 0. The van der Waals surface area contributed by atoms with Gasteiger partial charge in [-0.05, 0) is 24.0 Å². The Bertz CT molecular complexity index is 862. The molecule has 0 N–H and O–H groups in total. The van der Waals surface area contributed by atoms with Gasteiger partial charge in [0, 0.05) is 12.0 Å². The second kappa shape index (κ2) is 9.36. The van der Waals surface area contributed by atoms with E-state index in [1.807, 2.05) is 54.6 Å². The average Bonchev–Trinajstić information content (AvgIpc) is 2.78. The average molecular weight is 374 g/mol. The highest BCUT2D eigenvalue weighted by Crippen LogP contribution is 2.35. The van der Waals surface area contributed by atoms with Crippen LogP contribution >= 0.6 is 0 Å². The molecule has 0 radical (unpaired) electrons. The lowest BCUT2D eigenvalue weighted by molar-refractivity contribution is 0.242. The van der Waals surface area contributed by atoms with Gasteiger partial charge in [0.2, 0.25) is 0 Å². The van der Waals surface area contributed by atoms with Crippen LogP contribution in [0.25, 0.3) is 0 Å². The molecular formula is C24H26N2O2. The topological polar surface area (TPSA) is 44.2 Å². The van der Waals surface area contributed by atoms with Crippen molar-refractivity contribution in [2.75, 3.05) is 0 Å². The number of rotatable bonds is 7. The summed E-state index contributed by atoms with van der Waals surface area (Å²) in [5.74, 6) is 1.61. The van der Waals surface area contributed by atoms with Crippen LogP contribution in [0.3, 0.4) is 0 Å². The lowest BCUT2D eigenvalue weighted by atomic mass is 9.87. The van der Waals surface area contributed by atoms with E-state index in [0.29, 0.717) is 30.8 Å². The van der Waals surface area contributed by atoms with Crippen molar-refractivity contribution in [3.8, 4) is 11.6 Å². The summed E-state index contributed by atoms with van der Waals surface area (Å²) in [6.45, 7) is 0.929. The number of benzene rings is 2. The number of ether oxygens (including phenoxy) is 2. The van der Waals surface area contributed by atoms with Crippen LogP contribution in [0, 0.1) is 0 Å². The zero-order valence-electron chi connectivity index (χ0n) is 16.1. The second-order valence-electron chi connectivity index (χ2n) is 7.32. The van der Waals surface area contributed by atoms with Gasteiger partial charge in [-0.2, -0.15) is 5.10 Å². The maximum absolute atomic E-state index is 6.12. The van der Waals surface area contributed by atoms with E-state index in [1.165, 1.54) is 32.1 Å². The maximum atomic E-state index is 6.12. The summed E-state index contributed by atoms with van der Waals surface area (Å²) in [4.78, 5) is 0. The van der Waals surface area contributed by atoms with Crippen LogP contribution in [0.1, 0.15) is 54.8 Å². The van der Waals surface area contributed by atoms with Crippen molar-refractivity contribution in [1.82, 2.24) is 10.2 Å². The minimum absolute atomic E-state index is 0.444. The monoisotopic (exact) mass is 374 g/mol. The summed E-state index contributed by atoms with van der Waals surface area (Å²) in [5, 5.41) is 8.86. The van der Waals surface area contributed by atoms with E-state index in [9.17, 15) is 0 Å². The fraction of sp³-hybridized carbons (Fsp3) is 0.333. The first-order chi connectivity index (χ1) is 13.9. The highest BCUT2D eigenvalue weighted by Gasteiger charge is 2.20. The minimum Gasteiger partial charge on any atom is -0.483 e. The second-order valence-corrected chi connectivity index (χ2v) is 7.32. The van der Waals surface area contributed by atoms with Crippen LogP contribution in [-0.4, -0.2) is 10.2 Å². The van der Waals surface area contributed by atoms with Gasteiger partial charge in [-0.3, -0.25) is 0 Å². The predicted octanol–water partition coefficient (Wildman–Crippen LogP) is 5.68. The third-order valence-corrected chi connectivity index (χ3v) is 5.23. The Labute approximate surface area is 166 Å². The molecule has 0 atom stereocenters. The molecular weight excluding hydrogens is 348 g/mol. The van der Waals surface area contributed by atoms with Crippen molar-refractivity contribution in [2.45, 2.75) is 51.2 Å². The van der Waals surface area contributed by atoms with E-state index >= 15 is 0 Å². The zero-order valence-corrected chi connectivity index (χ0v) is 16.1. The summed E-state index contributed by atoms with van der Waals surface area (Å²) in [6, 6.07) is 22.3. The van der Waals surface area contributed by atoms with Gasteiger partial charge in [0.15, 0.2) is 5.75 Å². The normalized spacial score (nSPS) is 14.6. The van der Waals surface area contributed by atoms with Gasteiger partial charge in [-0.25, -0.2) is 0 Å².